The monoisotopic (exact) mass is 403 g/mol. The maximum Gasteiger partial charge on any atom is 0.243 e. The van der Waals surface area contributed by atoms with Crippen molar-refractivity contribution in [3.8, 4) is 0 Å². The van der Waals surface area contributed by atoms with Gasteiger partial charge < -0.3 is 10.6 Å². The van der Waals surface area contributed by atoms with Crippen molar-refractivity contribution in [3.63, 3.8) is 0 Å². The first kappa shape index (κ1) is 21.9. The van der Waals surface area contributed by atoms with Gasteiger partial charge in [-0.25, -0.2) is 8.42 Å². The number of hydrogen-bond acceptors (Lipinski definition) is 4. The average Bonchev–Trinajstić information content (AvgIpc) is 2.68. The summed E-state index contributed by atoms with van der Waals surface area (Å²) >= 11 is 0. The van der Waals surface area contributed by atoms with Crippen LogP contribution in [0.3, 0.4) is 0 Å². The average molecular weight is 404 g/mol. The van der Waals surface area contributed by atoms with Gasteiger partial charge in [0.2, 0.25) is 15.9 Å². The standard InChI is InChI=1S/C21H29N3O3S/c1-5-24(6-2)28(26,27)19-13-12-16(3)20(14-19)22-15-21(25)23-17(4)18-10-8-7-9-11-18/h7-14,17,22H,5-6,15H2,1-4H3,(H,23,25)/t17-/m1/s1. The first-order valence-electron chi connectivity index (χ1n) is 9.48. The summed E-state index contributed by atoms with van der Waals surface area (Å²) in [5.41, 5.74) is 2.54. The van der Waals surface area contributed by atoms with Crippen LogP contribution in [0.1, 0.15) is 37.9 Å². The van der Waals surface area contributed by atoms with Crippen molar-refractivity contribution < 1.29 is 13.2 Å². The zero-order valence-electron chi connectivity index (χ0n) is 16.9. The second-order valence-corrected chi connectivity index (χ2v) is 8.56. The molecule has 2 aromatic rings. The van der Waals surface area contributed by atoms with Gasteiger partial charge in [-0.15, -0.1) is 0 Å². The minimum absolute atomic E-state index is 0.0623. The summed E-state index contributed by atoms with van der Waals surface area (Å²) in [5, 5.41) is 6.00. The maximum atomic E-state index is 12.7. The highest BCUT2D eigenvalue weighted by Crippen LogP contribution is 2.23. The molecule has 0 aliphatic rings. The molecule has 0 saturated heterocycles. The van der Waals surface area contributed by atoms with Crippen LogP contribution in [0.4, 0.5) is 5.69 Å². The second-order valence-electron chi connectivity index (χ2n) is 6.62. The van der Waals surface area contributed by atoms with Crippen molar-refractivity contribution in [2.45, 2.75) is 38.6 Å². The third-order valence-electron chi connectivity index (χ3n) is 4.67. The SMILES string of the molecule is CCN(CC)S(=O)(=O)c1ccc(C)c(NCC(=O)N[C@H](C)c2ccccc2)c1. The summed E-state index contributed by atoms with van der Waals surface area (Å²) in [7, 11) is -3.54. The predicted molar refractivity (Wildman–Crippen MR) is 113 cm³/mol. The van der Waals surface area contributed by atoms with E-state index in [1.54, 1.807) is 18.2 Å². The van der Waals surface area contributed by atoms with Crippen molar-refractivity contribution in [3.05, 3.63) is 59.7 Å². The van der Waals surface area contributed by atoms with E-state index in [-0.39, 0.29) is 23.4 Å². The van der Waals surface area contributed by atoms with Gasteiger partial charge >= 0.3 is 0 Å². The van der Waals surface area contributed by atoms with Crippen molar-refractivity contribution in [2.75, 3.05) is 25.0 Å². The number of sulfonamides is 1. The number of carbonyl (C=O) groups is 1. The second kappa shape index (κ2) is 9.71. The Labute approximate surface area is 168 Å². The Balaban J connectivity index is 2.07. The van der Waals surface area contributed by atoms with Crippen molar-refractivity contribution >= 4 is 21.6 Å². The fourth-order valence-electron chi connectivity index (χ4n) is 2.96. The van der Waals surface area contributed by atoms with Gasteiger partial charge in [-0.2, -0.15) is 4.31 Å². The third-order valence-corrected chi connectivity index (χ3v) is 6.71. The van der Waals surface area contributed by atoms with Gasteiger partial charge in [0, 0.05) is 18.8 Å². The molecule has 2 rings (SSSR count). The van der Waals surface area contributed by atoms with Gasteiger partial charge in [0.15, 0.2) is 0 Å². The number of aryl methyl sites for hydroxylation is 1. The smallest absolute Gasteiger partial charge is 0.243 e. The number of anilines is 1. The van der Waals surface area contributed by atoms with Crippen LogP contribution in [0.5, 0.6) is 0 Å². The minimum atomic E-state index is -3.54. The van der Waals surface area contributed by atoms with E-state index in [1.165, 1.54) is 4.31 Å². The van der Waals surface area contributed by atoms with Crippen LogP contribution in [0, 0.1) is 6.92 Å². The van der Waals surface area contributed by atoms with Gasteiger partial charge in [-0.05, 0) is 37.1 Å². The number of carbonyl (C=O) groups excluding carboxylic acids is 1. The number of rotatable bonds is 9. The van der Waals surface area contributed by atoms with Crippen LogP contribution in [0.25, 0.3) is 0 Å². The molecule has 0 aliphatic heterocycles. The molecule has 0 radical (unpaired) electrons. The van der Waals surface area contributed by atoms with Crippen molar-refractivity contribution in [1.82, 2.24) is 9.62 Å². The lowest BCUT2D eigenvalue weighted by molar-refractivity contribution is -0.120. The molecule has 28 heavy (non-hydrogen) atoms. The van der Waals surface area contributed by atoms with Crippen LogP contribution in [-0.4, -0.2) is 38.3 Å². The van der Waals surface area contributed by atoms with E-state index in [0.717, 1.165) is 11.1 Å². The summed E-state index contributed by atoms with van der Waals surface area (Å²) in [6, 6.07) is 14.6. The van der Waals surface area contributed by atoms with E-state index >= 15 is 0 Å². The Morgan fingerprint density at radius 1 is 1.07 bits per heavy atom. The Morgan fingerprint density at radius 3 is 2.32 bits per heavy atom. The highest BCUT2D eigenvalue weighted by molar-refractivity contribution is 7.89. The van der Waals surface area contributed by atoms with E-state index < -0.39 is 10.0 Å². The molecule has 7 heteroatoms. The lowest BCUT2D eigenvalue weighted by atomic mass is 10.1. The quantitative estimate of drug-likeness (QED) is 0.673. The summed E-state index contributed by atoms with van der Waals surface area (Å²) in [5.74, 6) is -0.159. The van der Waals surface area contributed by atoms with Crippen molar-refractivity contribution in [2.24, 2.45) is 0 Å². The molecular formula is C21H29N3O3S. The lowest BCUT2D eigenvalue weighted by Gasteiger charge is -2.20. The molecule has 0 spiro atoms. The molecule has 0 bridgehead atoms. The summed E-state index contributed by atoms with van der Waals surface area (Å²) < 4.78 is 26.8. The Kier molecular flexibility index (Phi) is 7.60. The summed E-state index contributed by atoms with van der Waals surface area (Å²) in [4.78, 5) is 12.5. The molecule has 0 heterocycles. The van der Waals surface area contributed by atoms with Crippen LogP contribution in [0.15, 0.2) is 53.4 Å². The highest BCUT2D eigenvalue weighted by Gasteiger charge is 2.22. The number of nitrogens with zero attached hydrogens (tertiary/aromatic N) is 1. The molecule has 0 saturated carbocycles. The first-order valence-corrected chi connectivity index (χ1v) is 10.9. The first-order chi connectivity index (χ1) is 13.3. The van der Waals surface area contributed by atoms with Gasteiger partial charge in [0.1, 0.15) is 0 Å². The largest absolute Gasteiger partial charge is 0.376 e. The summed E-state index contributed by atoms with van der Waals surface area (Å²) in [6.45, 7) is 8.31. The molecule has 1 amide bonds. The number of hydrogen-bond donors (Lipinski definition) is 2. The number of amides is 1. The van der Waals surface area contributed by atoms with Crippen LogP contribution >= 0.6 is 0 Å². The van der Waals surface area contributed by atoms with Gasteiger partial charge in [0.05, 0.1) is 17.5 Å². The Morgan fingerprint density at radius 2 is 1.71 bits per heavy atom. The minimum Gasteiger partial charge on any atom is -0.376 e. The van der Waals surface area contributed by atoms with Gasteiger partial charge in [-0.3, -0.25) is 4.79 Å². The molecule has 2 aromatic carbocycles. The fraction of sp³-hybridized carbons (Fsp3) is 0.381. The zero-order chi connectivity index (χ0) is 20.7. The van der Waals surface area contributed by atoms with E-state index in [4.69, 9.17) is 0 Å². The molecule has 1 atom stereocenters. The third kappa shape index (κ3) is 5.33. The van der Waals surface area contributed by atoms with E-state index in [2.05, 4.69) is 10.6 Å². The molecule has 6 nitrogen and oxygen atoms in total. The molecule has 0 aromatic heterocycles. The predicted octanol–water partition coefficient (Wildman–Crippen LogP) is 3.31. The summed E-state index contributed by atoms with van der Waals surface area (Å²) in [6.07, 6.45) is 0. The number of benzene rings is 2. The zero-order valence-corrected chi connectivity index (χ0v) is 17.7. The maximum absolute atomic E-state index is 12.7. The lowest BCUT2D eigenvalue weighted by Crippen LogP contribution is -2.32. The molecule has 0 fully saturated rings. The molecule has 0 unspecified atom stereocenters. The van der Waals surface area contributed by atoms with Gasteiger partial charge in [0.25, 0.3) is 0 Å². The Bertz CT molecular complexity index is 894. The number of nitrogens with one attached hydrogen (secondary N) is 2. The van der Waals surface area contributed by atoms with Crippen LogP contribution in [-0.2, 0) is 14.8 Å². The normalized spacial score (nSPS) is 12.6. The van der Waals surface area contributed by atoms with Crippen LogP contribution < -0.4 is 10.6 Å². The molecular weight excluding hydrogens is 374 g/mol. The van der Waals surface area contributed by atoms with Crippen LogP contribution in [0.2, 0.25) is 0 Å². The van der Waals surface area contributed by atoms with E-state index in [0.29, 0.717) is 18.8 Å². The molecule has 2 N–H and O–H groups in total. The van der Waals surface area contributed by atoms with E-state index in [9.17, 15) is 13.2 Å². The van der Waals surface area contributed by atoms with Crippen molar-refractivity contribution in [1.29, 1.82) is 0 Å². The topological polar surface area (TPSA) is 78.5 Å². The molecule has 152 valence electrons. The molecule has 0 aliphatic carbocycles. The highest BCUT2D eigenvalue weighted by atomic mass is 32.2. The van der Waals surface area contributed by atoms with E-state index in [1.807, 2.05) is 58.0 Å². The Hall–Kier alpha value is -2.38. The van der Waals surface area contributed by atoms with Gasteiger partial charge in [-0.1, -0.05) is 50.2 Å². The fourth-order valence-corrected chi connectivity index (χ4v) is 4.44.